The van der Waals surface area contributed by atoms with Crippen LogP contribution in [0, 0.1) is 5.92 Å². The lowest BCUT2D eigenvalue weighted by molar-refractivity contribution is 0.166. The molecule has 4 heteroatoms. The molecule has 0 radical (unpaired) electrons. The van der Waals surface area contributed by atoms with E-state index in [1.165, 1.54) is 38.8 Å². The van der Waals surface area contributed by atoms with Crippen LogP contribution in [0.25, 0.3) is 0 Å². The predicted octanol–water partition coefficient (Wildman–Crippen LogP) is 1.76. The molecule has 1 aliphatic rings. The zero-order valence-corrected chi connectivity index (χ0v) is 12.5. The quantitative estimate of drug-likeness (QED) is 0.614. The molecule has 0 aromatic rings. The number of likely N-dealkylation sites (tertiary alicyclic amines) is 1. The Bertz CT molecular complexity index is 253. The fourth-order valence-corrected chi connectivity index (χ4v) is 2.50. The molecular weight excluding hydrogens is 224 g/mol. The van der Waals surface area contributed by atoms with Crippen molar-refractivity contribution < 1.29 is 0 Å². The summed E-state index contributed by atoms with van der Waals surface area (Å²) in [6.45, 7) is 7.84. The lowest BCUT2D eigenvalue weighted by Crippen LogP contribution is -2.42. The van der Waals surface area contributed by atoms with Gasteiger partial charge in [-0.1, -0.05) is 26.7 Å². The Hall–Kier alpha value is -0.770. The maximum atomic E-state index is 5.88. The van der Waals surface area contributed by atoms with E-state index in [2.05, 4.69) is 23.7 Å². The third-order valence-corrected chi connectivity index (χ3v) is 3.78. The molecule has 1 unspecified atom stereocenters. The van der Waals surface area contributed by atoms with Gasteiger partial charge < -0.3 is 10.6 Å². The number of hydrogen-bond acceptors (Lipinski definition) is 2. The van der Waals surface area contributed by atoms with Gasteiger partial charge in [-0.3, -0.25) is 9.89 Å². The molecule has 1 atom stereocenters. The summed E-state index contributed by atoms with van der Waals surface area (Å²) in [5, 5.41) is 0. The summed E-state index contributed by atoms with van der Waals surface area (Å²) in [5.74, 6) is 1.26. The first kappa shape index (κ1) is 15.3. The molecule has 0 saturated carbocycles. The topological polar surface area (TPSA) is 44.9 Å². The van der Waals surface area contributed by atoms with Crippen LogP contribution in [0.1, 0.15) is 39.5 Å². The highest BCUT2D eigenvalue weighted by atomic mass is 15.2. The fourth-order valence-electron chi connectivity index (χ4n) is 2.50. The van der Waals surface area contributed by atoms with Crippen molar-refractivity contribution in [3.8, 4) is 0 Å². The second-order valence-electron chi connectivity index (χ2n) is 5.85. The van der Waals surface area contributed by atoms with Gasteiger partial charge in [-0.05, 0) is 31.8 Å². The lowest BCUT2D eigenvalue weighted by Gasteiger charge is -2.32. The van der Waals surface area contributed by atoms with E-state index in [-0.39, 0.29) is 0 Å². The van der Waals surface area contributed by atoms with Crippen LogP contribution in [-0.4, -0.2) is 55.5 Å². The molecule has 1 heterocycles. The summed E-state index contributed by atoms with van der Waals surface area (Å²) in [6.07, 6.45) is 5.42. The van der Waals surface area contributed by atoms with Gasteiger partial charge in [-0.15, -0.1) is 0 Å². The van der Waals surface area contributed by atoms with E-state index in [1.807, 2.05) is 19.0 Å². The summed E-state index contributed by atoms with van der Waals surface area (Å²) in [4.78, 5) is 9.02. The van der Waals surface area contributed by atoms with Gasteiger partial charge in [0.2, 0.25) is 0 Å². The van der Waals surface area contributed by atoms with E-state index < -0.39 is 0 Å². The van der Waals surface area contributed by atoms with Crippen molar-refractivity contribution in [2.24, 2.45) is 16.6 Å². The van der Waals surface area contributed by atoms with Gasteiger partial charge in [0.25, 0.3) is 0 Å². The Morgan fingerprint density at radius 2 is 1.72 bits per heavy atom. The second kappa shape index (κ2) is 7.62. The van der Waals surface area contributed by atoms with Crippen molar-refractivity contribution in [3.05, 3.63) is 0 Å². The molecule has 1 saturated heterocycles. The molecule has 0 aromatic carbocycles. The Labute approximate surface area is 112 Å². The molecule has 0 amide bonds. The molecule has 18 heavy (non-hydrogen) atoms. The average Bonchev–Trinajstić information content (AvgIpc) is 2.57. The summed E-state index contributed by atoms with van der Waals surface area (Å²) in [7, 11) is 3.88. The van der Waals surface area contributed by atoms with Crippen LogP contribution in [0.3, 0.4) is 0 Å². The minimum atomic E-state index is 0.529. The van der Waals surface area contributed by atoms with Gasteiger partial charge in [-0.2, -0.15) is 0 Å². The predicted molar refractivity (Wildman–Crippen MR) is 78.8 cm³/mol. The van der Waals surface area contributed by atoms with E-state index in [4.69, 9.17) is 5.73 Å². The molecule has 0 bridgehead atoms. The van der Waals surface area contributed by atoms with Crippen molar-refractivity contribution in [3.63, 3.8) is 0 Å². The Kier molecular flexibility index (Phi) is 6.47. The molecule has 0 aliphatic carbocycles. The highest BCUT2D eigenvalue weighted by molar-refractivity contribution is 5.77. The van der Waals surface area contributed by atoms with Gasteiger partial charge in [-0.25, -0.2) is 0 Å². The summed E-state index contributed by atoms with van der Waals surface area (Å²) < 4.78 is 0. The molecule has 1 aliphatic heterocycles. The van der Waals surface area contributed by atoms with Crippen LogP contribution in [0.5, 0.6) is 0 Å². The van der Waals surface area contributed by atoms with Crippen LogP contribution in [-0.2, 0) is 0 Å². The van der Waals surface area contributed by atoms with Crippen LogP contribution < -0.4 is 5.73 Å². The van der Waals surface area contributed by atoms with Crippen molar-refractivity contribution in [2.45, 2.75) is 45.6 Å². The van der Waals surface area contributed by atoms with Crippen LogP contribution in [0.2, 0.25) is 0 Å². The number of nitrogens with zero attached hydrogens (tertiary/aromatic N) is 3. The molecular formula is C14H30N4. The number of rotatable bonds is 4. The Morgan fingerprint density at radius 3 is 2.17 bits per heavy atom. The molecule has 4 nitrogen and oxygen atoms in total. The molecule has 1 rings (SSSR count). The number of guanidine groups is 1. The maximum Gasteiger partial charge on any atom is 0.190 e. The Morgan fingerprint density at radius 1 is 1.17 bits per heavy atom. The molecule has 106 valence electrons. The van der Waals surface area contributed by atoms with Crippen molar-refractivity contribution in [1.82, 2.24) is 9.80 Å². The zero-order chi connectivity index (χ0) is 13.5. The highest BCUT2D eigenvalue weighted by Crippen LogP contribution is 2.17. The van der Waals surface area contributed by atoms with Crippen molar-refractivity contribution in [1.29, 1.82) is 0 Å². The normalized spacial score (nSPS) is 20.8. The first-order chi connectivity index (χ1) is 8.52. The first-order valence-electron chi connectivity index (χ1n) is 7.23. The van der Waals surface area contributed by atoms with Crippen molar-refractivity contribution >= 4 is 5.96 Å². The third-order valence-electron chi connectivity index (χ3n) is 3.78. The smallest absolute Gasteiger partial charge is 0.190 e. The van der Waals surface area contributed by atoms with Gasteiger partial charge in [0.15, 0.2) is 5.96 Å². The van der Waals surface area contributed by atoms with Crippen LogP contribution in [0.15, 0.2) is 4.99 Å². The number of nitrogens with two attached hydrogens (primary N) is 1. The fraction of sp³-hybridized carbons (Fsp3) is 0.929. The van der Waals surface area contributed by atoms with E-state index in [0.717, 1.165) is 6.54 Å². The summed E-state index contributed by atoms with van der Waals surface area (Å²) >= 11 is 0. The minimum absolute atomic E-state index is 0.529. The first-order valence-corrected chi connectivity index (χ1v) is 7.23. The lowest BCUT2D eigenvalue weighted by atomic mass is 10.0. The SMILES string of the molecule is CC(C)C(CN=C(N)N(C)C)N1CCCCCC1. The highest BCUT2D eigenvalue weighted by Gasteiger charge is 2.22. The van der Waals surface area contributed by atoms with Gasteiger partial charge in [0.1, 0.15) is 0 Å². The monoisotopic (exact) mass is 254 g/mol. The van der Waals surface area contributed by atoms with Crippen LogP contribution >= 0.6 is 0 Å². The molecule has 2 N–H and O–H groups in total. The number of aliphatic imine (C=N–C) groups is 1. The molecule has 1 fully saturated rings. The van der Waals surface area contributed by atoms with Gasteiger partial charge in [0.05, 0.1) is 6.54 Å². The minimum Gasteiger partial charge on any atom is -0.370 e. The van der Waals surface area contributed by atoms with Gasteiger partial charge in [0, 0.05) is 20.1 Å². The van der Waals surface area contributed by atoms with E-state index in [9.17, 15) is 0 Å². The molecule has 0 aromatic heterocycles. The third kappa shape index (κ3) is 4.84. The average molecular weight is 254 g/mol. The maximum absolute atomic E-state index is 5.88. The van der Waals surface area contributed by atoms with Crippen LogP contribution in [0.4, 0.5) is 0 Å². The van der Waals surface area contributed by atoms with Crippen molar-refractivity contribution in [2.75, 3.05) is 33.7 Å². The zero-order valence-electron chi connectivity index (χ0n) is 12.5. The Balaban J connectivity index is 2.61. The van der Waals surface area contributed by atoms with E-state index >= 15 is 0 Å². The van der Waals surface area contributed by atoms with E-state index in [0.29, 0.717) is 17.9 Å². The van der Waals surface area contributed by atoms with E-state index in [1.54, 1.807) is 0 Å². The van der Waals surface area contributed by atoms with Gasteiger partial charge >= 0.3 is 0 Å². The largest absolute Gasteiger partial charge is 0.370 e. The molecule has 0 spiro atoms. The second-order valence-corrected chi connectivity index (χ2v) is 5.85. The summed E-state index contributed by atoms with van der Waals surface area (Å²) in [6, 6.07) is 0.529. The standard InChI is InChI=1S/C14H30N4/c1-12(2)13(11-16-14(15)17(3)4)18-9-7-5-6-8-10-18/h12-13H,5-11H2,1-4H3,(H2,15,16). The number of hydrogen-bond donors (Lipinski definition) is 1. The summed E-state index contributed by atoms with van der Waals surface area (Å²) in [5.41, 5.74) is 5.88.